The van der Waals surface area contributed by atoms with Crippen molar-refractivity contribution in [2.24, 2.45) is 0 Å². The number of hydrazine groups is 1. The molecule has 1 heterocycles. The van der Waals surface area contributed by atoms with Gasteiger partial charge in [0.1, 0.15) is 5.56 Å². The average Bonchev–Trinajstić information content (AvgIpc) is 3.04. The monoisotopic (exact) mass is 503 g/mol. The number of carbonyl (C=O) groups is 3. The zero-order valence-electron chi connectivity index (χ0n) is 16.5. The molecule has 33 heavy (non-hydrogen) atoms. The molecule has 8 nitrogen and oxygen atoms in total. The van der Waals surface area contributed by atoms with E-state index in [9.17, 15) is 24.5 Å². The van der Waals surface area contributed by atoms with Crippen LogP contribution >= 0.6 is 34.8 Å². The van der Waals surface area contributed by atoms with E-state index in [1.807, 2.05) is 0 Å². The molecule has 0 saturated carbocycles. The molecule has 0 atom stereocenters. The van der Waals surface area contributed by atoms with Gasteiger partial charge in [-0.15, -0.1) is 0 Å². The van der Waals surface area contributed by atoms with Gasteiger partial charge in [-0.25, -0.2) is 5.01 Å². The highest BCUT2D eigenvalue weighted by atomic mass is 35.5. The molecule has 0 N–H and O–H groups in total. The van der Waals surface area contributed by atoms with E-state index in [4.69, 9.17) is 34.8 Å². The molecule has 3 aromatic rings. The van der Waals surface area contributed by atoms with Crippen molar-refractivity contribution in [3.05, 3.63) is 108 Å². The second kappa shape index (κ2) is 8.82. The number of nitrogens with zero attached hydrogens (tertiary/aromatic N) is 3. The van der Waals surface area contributed by atoms with Gasteiger partial charge in [-0.05, 0) is 35.9 Å². The maximum absolute atomic E-state index is 13.5. The number of nitro groups is 1. The molecular formula is C22H12Cl3N3O5. The van der Waals surface area contributed by atoms with Gasteiger partial charge < -0.3 is 0 Å². The normalized spacial score (nSPS) is 12.6. The predicted molar refractivity (Wildman–Crippen MR) is 121 cm³/mol. The summed E-state index contributed by atoms with van der Waals surface area (Å²) >= 11 is 18.2. The molecule has 166 valence electrons. The number of hydrogen-bond acceptors (Lipinski definition) is 5. The Morgan fingerprint density at radius 2 is 1.64 bits per heavy atom. The topological polar surface area (TPSA) is 101 Å². The van der Waals surface area contributed by atoms with E-state index in [2.05, 4.69) is 0 Å². The van der Waals surface area contributed by atoms with Crippen molar-refractivity contribution >= 4 is 58.2 Å². The van der Waals surface area contributed by atoms with Crippen LogP contribution in [-0.2, 0) is 6.54 Å². The van der Waals surface area contributed by atoms with Crippen molar-refractivity contribution in [2.45, 2.75) is 6.54 Å². The van der Waals surface area contributed by atoms with Crippen molar-refractivity contribution in [2.75, 3.05) is 0 Å². The zero-order chi connectivity index (χ0) is 23.9. The second-order valence-electron chi connectivity index (χ2n) is 6.97. The zero-order valence-corrected chi connectivity index (χ0v) is 18.8. The molecule has 1 aliphatic heterocycles. The summed E-state index contributed by atoms with van der Waals surface area (Å²) in [6.07, 6.45) is 0. The fourth-order valence-electron chi connectivity index (χ4n) is 3.44. The van der Waals surface area contributed by atoms with Gasteiger partial charge in [0.15, 0.2) is 0 Å². The summed E-state index contributed by atoms with van der Waals surface area (Å²) in [4.78, 5) is 50.6. The van der Waals surface area contributed by atoms with Crippen molar-refractivity contribution in [3.63, 3.8) is 0 Å². The van der Waals surface area contributed by atoms with Crippen molar-refractivity contribution in [1.29, 1.82) is 0 Å². The fraction of sp³-hybridized carbons (Fsp3) is 0.0455. The first-order chi connectivity index (χ1) is 15.7. The molecule has 0 fully saturated rings. The number of hydrogen-bond donors (Lipinski definition) is 0. The Kier molecular flexibility index (Phi) is 6.07. The van der Waals surface area contributed by atoms with E-state index in [0.717, 1.165) is 11.1 Å². The summed E-state index contributed by atoms with van der Waals surface area (Å²) in [6, 6.07) is 14.4. The molecule has 0 aromatic heterocycles. The van der Waals surface area contributed by atoms with Gasteiger partial charge in [0.25, 0.3) is 23.4 Å². The lowest BCUT2D eigenvalue weighted by Gasteiger charge is -2.30. The summed E-state index contributed by atoms with van der Waals surface area (Å²) in [5.41, 5.74) is -0.618. The first-order valence-electron chi connectivity index (χ1n) is 9.37. The van der Waals surface area contributed by atoms with Crippen LogP contribution in [0.5, 0.6) is 0 Å². The molecular weight excluding hydrogens is 493 g/mol. The van der Waals surface area contributed by atoms with Crippen LogP contribution in [0.15, 0.2) is 60.7 Å². The minimum Gasteiger partial charge on any atom is -0.267 e. The maximum Gasteiger partial charge on any atom is 0.287 e. The summed E-state index contributed by atoms with van der Waals surface area (Å²) < 4.78 is 0. The smallest absolute Gasteiger partial charge is 0.267 e. The molecule has 0 saturated heterocycles. The third-order valence-corrected chi connectivity index (χ3v) is 6.03. The average molecular weight is 505 g/mol. The third kappa shape index (κ3) is 4.04. The third-order valence-electron chi connectivity index (χ3n) is 4.96. The molecule has 0 spiro atoms. The standard InChI is InChI=1S/C22H12Cl3N3O5/c23-15-6-2-1-4-13(15)20(29)26(11-12-8-9-16(24)17(25)10-12)27-21(30)14-5-3-7-18(28(32)33)19(14)22(27)31/h1-10H,11H2. The predicted octanol–water partition coefficient (Wildman–Crippen LogP) is 5.41. The van der Waals surface area contributed by atoms with Crippen molar-refractivity contribution in [3.8, 4) is 0 Å². The van der Waals surface area contributed by atoms with Crippen molar-refractivity contribution in [1.82, 2.24) is 10.0 Å². The number of amides is 3. The highest BCUT2D eigenvalue weighted by Crippen LogP contribution is 2.33. The number of benzene rings is 3. The highest BCUT2D eigenvalue weighted by molar-refractivity contribution is 6.42. The van der Waals surface area contributed by atoms with Crippen LogP contribution in [0.4, 0.5) is 5.69 Å². The second-order valence-corrected chi connectivity index (χ2v) is 8.19. The van der Waals surface area contributed by atoms with Gasteiger partial charge in [0.2, 0.25) is 0 Å². The lowest BCUT2D eigenvalue weighted by Crippen LogP contribution is -2.49. The Labute approximate surface area is 202 Å². The number of halogens is 3. The number of rotatable bonds is 5. The number of imide groups is 1. The van der Waals surface area contributed by atoms with Crippen LogP contribution in [0.3, 0.4) is 0 Å². The number of nitro benzene ring substituents is 1. The summed E-state index contributed by atoms with van der Waals surface area (Å²) in [6.45, 7) is -0.264. The van der Waals surface area contributed by atoms with Crippen LogP contribution in [0.25, 0.3) is 0 Å². The Balaban J connectivity index is 1.83. The number of carbonyl (C=O) groups excluding carboxylic acids is 3. The van der Waals surface area contributed by atoms with E-state index < -0.39 is 33.9 Å². The van der Waals surface area contributed by atoms with Gasteiger partial charge in [-0.3, -0.25) is 24.5 Å². The summed E-state index contributed by atoms with van der Waals surface area (Å²) in [5.74, 6) is -2.63. The SMILES string of the molecule is O=C(c1ccccc1Cl)N(Cc1ccc(Cl)c(Cl)c1)N1C(=O)c2cccc([N+](=O)[O-])c2C1=O. The minimum atomic E-state index is -0.997. The lowest BCUT2D eigenvalue weighted by atomic mass is 10.1. The molecule has 11 heteroatoms. The van der Waals surface area contributed by atoms with E-state index >= 15 is 0 Å². The van der Waals surface area contributed by atoms with Gasteiger partial charge in [-0.1, -0.05) is 59.1 Å². The van der Waals surface area contributed by atoms with E-state index in [1.54, 1.807) is 18.2 Å². The van der Waals surface area contributed by atoms with Gasteiger partial charge in [0, 0.05) is 6.07 Å². The maximum atomic E-state index is 13.5. The summed E-state index contributed by atoms with van der Waals surface area (Å²) in [5, 5.41) is 13.5. The molecule has 0 bridgehead atoms. The molecule has 0 unspecified atom stereocenters. The van der Waals surface area contributed by atoms with Gasteiger partial charge in [0.05, 0.1) is 37.7 Å². The quantitative estimate of drug-likeness (QED) is 0.263. The Morgan fingerprint density at radius 3 is 2.30 bits per heavy atom. The van der Waals surface area contributed by atoms with E-state index in [1.165, 1.54) is 36.4 Å². The highest BCUT2D eigenvalue weighted by Gasteiger charge is 2.45. The van der Waals surface area contributed by atoms with Crippen molar-refractivity contribution < 1.29 is 19.3 Å². The molecule has 0 radical (unpaired) electrons. The van der Waals surface area contributed by atoms with Crippen LogP contribution in [0.1, 0.15) is 36.6 Å². The molecule has 4 rings (SSSR count). The van der Waals surface area contributed by atoms with Crippen LogP contribution in [0.2, 0.25) is 15.1 Å². The lowest BCUT2D eigenvalue weighted by molar-refractivity contribution is -0.385. The molecule has 3 amide bonds. The van der Waals surface area contributed by atoms with Crippen LogP contribution in [0, 0.1) is 10.1 Å². The number of fused-ring (bicyclic) bond motifs is 1. The van der Waals surface area contributed by atoms with Crippen LogP contribution < -0.4 is 0 Å². The Bertz CT molecular complexity index is 1340. The first kappa shape index (κ1) is 22.7. The summed E-state index contributed by atoms with van der Waals surface area (Å²) in [7, 11) is 0. The Hall–Kier alpha value is -3.46. The van der Waals surface area contributed by atoms with Gasteiger partial charge in [-0.2, -0.15) is 5.01 Å². The molecule has 0 aliphatic carbocycles. The van der Waals surface area contributed by atoms with E-state index in [-0.39, 0.29) is 32.7 Å². The fourth-order valence-corrected chi connectivity index (χ4v) is 3.98. The molecule has 1 aliphatic rings. The minimum absolute atomic E-state index is 0.0327. The molecule has 3 aromatic carbocycles. The first-order valence-corrected chi connectivity index (χ1v) is 10.5. The van der Waals surface area contributed by atoms with E-state index in [0.29, 0.717) is 10.6 Å². The largest absolute Gasteiger partial charge is 0.287 e. The van der Waals surface area contributed by atoms with Gasteiger partial charge >= 0.3 is 0 Å². The van der Waals surface area contributed by atoms with Crippen LogP contribution in [-0.4, -0.2) is 32.7 Å². The Morgan fingerprint density at radius 1 is 0.909 bits per heavy atom.